The van der Waals surface area contributed by atoms with Gasteiger partial charge in [-0.1, -0.05) is 29.3 Å². The third-order valence-corrected chi connectivity index (χ3v) is 3.22. The molecule has 1 amide bonds. The molecule has 0 aliphatic heterocycles. The van der Waals surface area contributed by atoms with E-state index in [1.807, 2.05) is 6.92 Å². The van der Waals surface area contributed by atoms with Crippen LogP contribution in [-0.2, 0) is 4.79 Å². The van der Waals surface area contributed by atoms with Gasteiger partial charge >= 0.3 is 0 Å². The van der Waals surface area contributed by atoms with E-state index in [1.165, 1.54) is 0 Å². The summed E-state index contributed by atoms with van der Waals surface area (Å²) < 4.78 is 0. The molecule has 2 atom stereocenters. The van der Waals surface area contributed by atoms with Gasteiger partial charge in [0.05, 0.1) is 22.1 Å². The fourth-order valence-electron chi connectivity index (χ4n) is 1.41. The van der Waals surface area contributed by atoms with Gasteiger partial charge in [-0.2, -0.15) is 0 Å². The topological polar surface area (TPSA) is 55.1 Å². The molecule has 0 saturated carbocycles. The van der Waals surface area contributed by atoms with Crippen molar-refractivity contribution in [1.82, 2.24) is 5.32 Å². The van der Waals surface area contributed by atoms with Crippen molar-refractivity contribution in [1.29, 1.82) is 0 Å². The lowest BCUT2D eigenvalue weighted by atomic mass is 10.1. The second-order valence-corrected chi connectivity index (χ2v) is 4.73. The summed E-state index contributed by atoms with van der Waals surface area (Å²) in [7, 11) is 0. The summed E-state index contributed by atoms with van der Waals surface area (Å²) in [5, 5.41) is 3.69. The van der Waals surface area contributed by atoms with Gasteiger partial charge in [-0.15, -0.1) is 12.3 Å². The Morgan fingerprint density at radius 1 is 1.50 bits per heavy atom. The van der Waals surface area contributed by atoms with Crippen molar-refractivity contribution >= 4 is 29.1 Å². The van der Waals surface area contributed by atoms with Crippen molar-refractivity contribution in [3.05, 3.63) is 33.8 Å². The Morgan fingerprint density at radius 2 is 2.17 bits per heavy atom. The highest BCUT2D eigenvalue weighted by atomic mass is 35.5. The summed E-state index contributed by atoms with van der Waals surface area (Å²) in [6, 6.07) is 4.28. The highest BCUT2D eigenvalue weighted by molar-refractivity contribution is 6.42. The minimum Gasteiger partial charge on any atom is -0.348 e. The Kier molecular flexibility index (Phi) is 5.49. The van der Waals surface area contributed by atoms with E-state index in [0.717, 1.165) is 5.56 Å². The molecular weight excluding hydrogens is 271 g/mol. The Hall–Kier alpha value is -1.21. The van der Waals surface area contributed by atoms with Gasteiger partial charge in [0.1, 0.15) is 0 Å². The van der Waals surface area contributed by atoms with Gasteiger partial charge in [0.15, 0.2) is 0 Å². The third kappa shape index (κ3) is 3.92. The van der Waals surface area contributed by atoms with Crippen molar-refractivity contribution in [2.45, 2.75) is 25.4 Å². The molecule has 0 aromatic heterocycles. The number of rotatable bonds is 4. The number of carbonyl (C=O) groups excluding carboxylic acids is 1. The van der Waals surface area contributed by atoms with Gasteiger partial charge in [-0.05, 0) is 24.6 Å². The SMILES string of the molecule is C#CCC(N)C(=O)NC(C)c1ccc(Cl)c(Cl)c1. The molecule has 1 rings (SSSR count). The monoisotopic (exact) mass is 284 g/mol. The average Bonchev–Trinajstić information content (AvgIpc) is 2.32. The summed E-state index contributed by atoms with van der Waals surface area (Å²) in [5.74, 6) is 2.07. The zero-order chi connectivity index (χ0) is 13.7. The predicted molar refractivity (Wildman–Crippen MR) is 74.4 cm³/mol. The van der Waals surface area contributed by atoms with E-state index >= 15 is 0 Å². The highest BCUT2D eigenvalue weighted by Gasteiger charge is 2.16. The van der Waals surface area contributed by atoms with E-state index in [-0.39, 0.29) is 18.4 Å². The molecule has 1 aromatic rings. The van der Waals surface area contributed by atoms with Gasteiger partial charge in [0.2, 0.25) is 5.91 Å². The number of benzene rings is 1. The molecule has 18 heavy (non-hydrogen) atoms. The van der Waals surface area contributed by atoms with Crippen molar-refractivity contribution in [3.63, 3.8) is 0 Å². The Labute approximate surface area is 117 Å². The number of halogens is 2. The molecule has 2 unspecified atom stereocenters. The van der Waals surface area contributed by atoms with Crippen LogP contribution in [0.15, 0.2) is 18.2 Å². The van der Waals surface area contributed by atoms with Crippen LogP contribution < -0.4 is 11.1 Å². The summed E-state index contributed by atoms with van der Waals surface area (Å²) >= 11 is 11.7. The maximum atomic E-state index is 11.7. The quantitative estimate of drug-likeness (QED) is 0.835. The Bertz CT molecular complexity index is 482. The fraction of sp³-hybridized carbons (Fsp3) is 0.308. The van der Waals surface area contributed by atoms with E-state index in [2.05, 4.69) is 11.2 Å². The molecule has 3 N–H and O–H groups in total. The van der Waals surface area contributed by atoms with Gasteiger partial charge < -0.3 is 11.1 Å². The second kappa shape index (κ2) is 6.65. The van der Waals surface area contributed by atoms with Crippen molar-refractivity contribution < 1.29 is 4.79 Å². The first-order chi connectivity index (χ1) is 8.45. The summed E-state index contributed by atoms with van der Waals surface area (Å²) in [6.45, 7) is 1.83. The number of hydrogen-bond donors (Lipinski definition) is 2. The molecular formula is C13H14Cl2N2O. The minimum absolute atomic E-state index is 0.208. The smallest absolute Gasteiger partial charge is 0.238 e. The zero-order valence-corrected chi connectivity index (χ0v) is 11.4. The normalized spacial score (nSPS) is 13.5. The average molecular weight is 285 g/mol. The van der Waals surface area contributed by atoms with Crippen molar-refractivity contribution in [2.24, 2.45) is 5.73 Å². The number of terminal acetylenes is 1. The molecule has 0 heterocycles. The molecule has 0 fully saturated rings. The van der Waals surface area contributed by atoms with Crippen LogP contribution in [0, 0.1) is 12.3 Å². The van der Waals surface area contributed by atoms with Crippen molar-refractivity contribution in [2.75, 3.05) is 0 Å². The molecule has 1 aromatic carbocycles. The molecule has 0 spiro atoms. The molecule has 0 aliphatic carbocycles. The van der Waals surface area contributed by atoms with Crippen LogP contribution in [0.5, 0.6) is 0 Å². The Balaban J connectivity index is 2.70. The lowest BCUT2D eigenvalue weighted by Gasteiger charge is -2.17. The number of amides is 1. The standard InChI is InChI=1S/C13H14Cl2N2O/c1-3-4-12(16)13(18)17-8(2)9-5-6-10(14)11(15)7-9/h1,5-8,12H,4,16H2,2H3,(H,17,18). The highest BCUT2D eigenvalue weighted by Crippen LogP contribution is 2.25. The van der Waals surface area contributed by atoms with Crippen LogP contribution >= 0.6 is 23.2 Å². The molecule has 5 heteroatoms. The maximum Gasteiger partial charge on any atom is 0.238 e. The maximum absolute atomic E-state index is 11.7. The number of carbonyl (C=O) groups is 1. The van der Waals surface area contributed by atoms with Gasteiger partial charge in [0.25, 0.3) is 0 Å². The van der Waals surface area contributed by atoms with Crippen LogP contribution in [0.25, 0.3) is 0 Å². The summed E-state index contributed by atoms with van der Waals surface area (Å²) in [4.78, 5) is 11.7. The molecule has 0 aliphatic rings. The summed E-state index contributed by atoms with van der Waals surface area (Å²) in [6.07, 6.45) is 5.31. The first-order valence-corrected chi connectivity index (χ1v) is 6.15. The third-order valence-electron chi connectivity index (χ3n) is 2.48. The van der Waals surface area contributed by atoms with Crippen LogP contribution in [0.4, 0.5) is 0 Å². The van der Waals surface area contributed by atoms with E-state index in [4.69, 9.17) is 35.4 Å². The first-order valence-electron chi connectivity index (χ1n) is 5.40. The van der Waals surface area contributed by atoms with E-state index in [1.54, 1.807) is 18.2 Å². The molecule has 0 bridgehead atoms. The van der Waals surface area contributed by atoms with Gasteiger partial charge in [0, 0.05) is 6.42 Å². The fourth-order valence-corrected chi connectivity index (χ4v) is 1.71. The minimum atomic E-state index is -0.694. The van der Waals surface area contributed by atoms with Gasteiger partial charge in [-0.3, -0.25) is 4.79 Å². The molecule has 96 valence electrons. The largest absolute Gasteiger partial charge is 0.348 e. The molecule has 0 radical (unpaired) electrons. The van der Waals surface area contributed by atoms with Crippen LogP contribution in [0.1, 0.15) is 24.9 Å². The predicted octanol–water partition coefficient (Wildman–Crippen LogP) is 2.52. The lowest BCUT2D eigenvalue weighted by molar-refractivity contribution is -0.122. The van der Waals surface area contributed by atoms with E-state index in [9.17, 15) is 4.79 Å². The van der Waals surface area contributed by atoms with Crippen molar-refractivity contribution in [3.8, 4) is 12.3 Å². The van der Waals surface area contributed by atoms with Crippen LogP contribution in [0.3, 0.4) is 0 Å². The second-order valence-electron chi connectivity index (χ2n) is 3.92. The number of nitrogens with one attached hydrogen (secondary N) is 1. The van der Waals surface area contributed by atoms with Crippen LogP contribution in [-0.4, -0.2) is 11.9 Å². The number of hydrogen-bond acceptors (Lipinski definition) is 2. The van der Waals surface area contributed by atoms with Gasteiger partial charge in [-0.25, -0.2) is 0 Å². The number of nitrogens with two attached hydrogens (primary N) is 1. The molecule has 0 saturated heterocycles. The lowest BCUT2D eigenvalue weighted by Crippen LogP contribution is -2.41. The van der Waals surface area contributed by atoms with E-state index < -0.39 is 6.04 Å². The van der Waals surface area contributed by atoms with E-state index in [0.29, 0.717) is 10.0 Å². The molecule has 3 nitrogen and oxygen atoms in total. The first kappa shape index (κ1) is 14.8. The zero-order valence-electron chi connectivity index (χ0n) is 9.91. The van der Waals surface area contributed by atoms with Crippen LogP contribution in [0.2, 0.25) is 10.0 Å². The summed E-state index contributed by atoms with van der Waals surface area (Å²) in [5.41, 5.74) is 6.46. The Morgan fingerprint density at radius 3 is 2.72 bits per heavy atom.